The van der Waals surface area contributed by atoms with Crippen molar-refractivity contribution in [2.75, 3.05) is 17.2 Å². The fourth-order valence-corrected chi connectivity index (χ4v) is 5.28. The first kappa shape index (κ1) is 20.5. The van der Waals surface area contributed by atoms with E-state index in [1.807, 2.05) is 68.4 Å². The number of hydrogen-bond acceptors (Lipinski definition) is 5. The van der Waals surface area contributed by atoms with Crippen LogP contribution < -0.4 is 10.5 Å². The Morgan fingerprint density at radius 1 is 1.19 bits per heavy atom. The maximum Gasteiger partial charge on any atom is 0.265 e. The molecule has 1 atom stereocenters. The molecule has 0 bridgehead atoms. The molecule has 0 N–H and O–H groups in total. The minimum absolute atomic E-state index is 0.00327. The lowest BCUT2D eigenvalue weighted by Gasteiger charge is -2.23. The average molecular weight is 446 g/mol. The number of hydrogen-bond donors (Lipinski definition) is 0. The molecule has 4 aromatic rings. The van der Waals surface area contributed by atoms with Gasteiger partial charge >= 0.3 is 0 Å². The number of anilines is 1. The standard InChI is InChI=1S/C24H23N5O2S/c1-3-27(18-11-7-8-16(2)12-18)21(30)13-19-15-32-24-26-22-20(23(31)28(19)24)14-25-29(22)17-9-5-4-6-10-17/h4-12,14,19H,3,13,15H2,1-2H3. The molecule has 0 saturated carbocycles. The summed E-state index contributed by atoms with van der Waals surface area (Å²) in [5.41, 5.74) is 3.24. The van der Waals surface area contributed by atoms with Gasteiger partial charge < -0.3 is 4.90 Å². The van der Waals surface area contributed by atoms with Crippen LogP contribution in [0.5, 0.6) is 0 Å². The maximum absolute atomic E-state index is 13.3. The van der Waals surface area contributed by atoms with E-state index in [4.69, 9.17) is 4.98 Å². The van der Waals surface area contributed by atoms with E-state index >= 15 is 0 Å². The Bertz CT molecular complexity index is 1360. The number of benzene rings is 2. The summed E-state index contributed by atoms with van der Waals surface area (Å²) in [6, 6.07) is 17.3. The molecule has 32 heavy (non-hydrogen) atoms. The summed E-state index contributed by atoms with van der Waals surface area (Å²) >= 11 is 1.51. The molecule has 0 radical (unpaired) electrons. The van der Waals surface area contributed by atoms with Crippen molar-refractivity contribution in [3.63, 3.8) is 0 Å². The first-order chi connectivity index (χ1) is 15.6. The van der Waals surface area contributed by atoms with Crippen LogP contribution in [0.15, 0.2) is 70.7 Å². The molecule has 1 aliphatic heterocycles. The Hall–Kier alpha value is -3.39. The fraction of sp³-hybridized carbons (Fsp3) is 0.250. The number of amides is 1. The van der Waals surface area contributed by atoms with Crippen LogP contribution >= 0.6 is 11.8 Å². The van der Waals surface area contributed by atoms with Crippen molar-refractivity contribution in [1.29, 1.82) is 0 Å². The zero-order chi connectivity index (χ0) is 22.2. The predicted octanol–water partition coefficient (Wildman–Crippen LogP) is 3.98. The van der Waals surface area contributed by atoms with Crippen LogP contribution in [0.3, 0.4) is 0 Å². The number of aromatic nitrogens is 4. The molecule has 1 amide bonds. The molecule has 0 spiro atoms. The number of rotatable bonds is 5. The number of aryl methyl sites for hydroxylation is 1. The van der Waals surface area contributed by atoms with E-state index in [0.29, 0.717) is 28.5 Å². The number of para-hydroxylation sites is 1. The minimum Gasteiger partial charge on any atom is -0.313 e. The summed E-state index contributed by atoms with van der Waals surface area (Å²) in [5, 5.41) is 5.50. The second-order valence-electron chi connectivity index (χ2n) is 7.84. The molecule has 3 heterocycles. The molecular formula is C24H23N5O2S. The van der Waals surface area contributed by atoms with E-state index in [0.717, 1.165) is 16.9 Å². The van der Waals surface area contributed by atoms with Crippen LogP contribution in [0.25, 0.3) is 16.7 Å². The third-order valence-corrected chi connectivity index (χ3v) is 6.81. The van der Waals surface area contributed by atoms with Crippen molar-refractivity contribution in [3.8, 4) is 5.69 Å². The quantitative estimate of drug-likeness (QED) is 0.435. The van der Waals surface area contributed by atoms with Gasteiger partial charge in [-0.15, -0.1) is 0 Å². The van der Waals surface area contributed by atoms with Crippen LogP contribution in [0.1, 0.15) is 24.9 Å². The Morgan fingerprint density at radius 3 is 2.75 bits per heavy atom. The minimum atomic E-state index is -0.231. The second kappa shape index (κ2) is 8.27. The van der Waals surface area contributed by atoms with Gasteiger partial charge in [-0.25, -0.2) is 9.67 Å². The summed E-state index contributed by atoms with van der Waals surface area (Å²) in [7, 11) is 0. The Morgan fingerprint density at radius 2 is 2.00 bits per heavy atom. The van der Waals surface area contributed by atoms with Gasteiger partial charge in [0.15, 0.2) is 10.8 Å². The Balaban J connectivity index is 1.47. The predicted molar refractivity (Wildman–Crippen MR) is 127 cm³/mol. The SMILES string of the molecule is CCN(C(=O)CC1CSc2nc3c(cnn3-c3ccccc3)c(=O)n21)c1cccc(C)c1. The van der Waals surface area contributed by atoms with E-state index in [1.54, 1.807) is 20.3 Å². The molecule has 5 rings (SSSR count). The van der Waals surface area contributed by atoms with Gasteiger partial charge in [-0.1, -0.05) is 42.1 Å². The van der Waals surface area contributed by atoms with Crippen molar-refractivity contribution < 1.29 is 4.79 Å². The highest BCUT2D eigenvalue weighted by Crippen LogP contribution is 2.34. The lowest BCUT2D eigenvalue weighted by molar-refractivity contribution is -0.119. The van der Waals surface area contributed by atoms with Crippen molar-refractivity contribution in [2.24, 2.45) is 0 Å². The van der Waals surface area contributed by atoms with E-state index in [9.17, 15) is 9.59 Å². The highest BCUT2D eigenvalue weighted by atomic mass is 32.2. The Labute approximate surface area is 189 Å². The zero-order valence-corrected chi connectivity index (χ0v) is 18.7. The van der Waals surface area contributed by atoms with Crippen molar-refractivity contribution in [3.05, 3.63) is 76.7 Å². The summed E-state index contributed by atoms with van der Waals surface area (Å²) in [6.07, 6.45) is 1.82. The third kappa shape index (κ3) is 3.50. The van der Waals surface area contributed by atoms with Crippen LogP contribution in [0.4, 0.5) is 5.69 Å². The molecule has 7 nitrogen and oxygen atoms in total. The van der Waals surface area contributed by atoms with Gasteiger partial charge in [0.1, 0.15) is 5.39 Å². The van der Waals surface area contributed by atoms with Gasteiger partial charge in [-0.3, -0.25) is 14.2 Å². The molecule has 0 saturated heterocycles. The topological polar surface area (TPSA) is 73.0 Å². The average Bonchev–Trinajstić information content (AvgIpc) is 3.40. The van der Waals surface area contributed by atoms with Crippen LogP contribution in [0, 0.1) is 6.92 Å². The Kier molecular flexibility index (Phi) is 5.30. The highest BCUT2D eigenvalue weighted by Gasteiger charge is 2.31. The van der Waals surface area contributed by atoms with Gasteiger partial charge in [0.05, 0.1) is 17.9 Å². The number of nitrogens with zero attached hydrogens (tertiary/aromatic N) is 5. The lowest BCUT2D eigenvalue weighted by atomic mass is 10.1. The van der Waals surface area contributed by atoms with E-state index in [2.05, 4.69) is 5.10 Å². The molecule has 162 valence electrons. The fourth-order valence-electron chi connectivity index (χ4n) is 4.15. The lowest BCUT2D eigenvalue weighted by Crippen LogP contribution is -2.34. The van der Waals surface area contributed by atoms with E-state index < -0.39 is 0 Å². The van der Waals surface area contributed by atoms with Gasteiger partial charge in [0.25, 0.3) is 5.56 Å². The molecule has 1 unspecified atom stereocenters. The molecule has 1 aliphatic rings. The van der Waals surface area contributed by atoms with Crippen LogP contribution in [0.2, 0.25) is 0 Å². The number of thioether (sulfide) groups is 1. The van der Waals surface area contributed by atoms with Gasteiger partial charge in [-0.05, 0) is 43.7 Å². The third-order valence-electron chi connectivity index (χ3n) is 5.71. The number of carbonyl (C=O) groups is 1. The normalized spacial score (nSPS) is 15.1. The van der Waals surface area contributed by atoms with Crippen LogP contribution in [-0.4, -0.2) is 37.5 Å². The summed E-state index contributed by atoms with van der Waals surface area (Å²) in [4.78, 5) is 33.0. The smallest absolute Gasteiger partial charge is 0.265 e. The van der Waals surface area contributed by atoms with Gasteiger partial charge in [-0.2, -0.15) is 5.10 Å². The molecule has 0 aliphatic carbocycles. The van der Waals surface area contributed by atoms with Crippen molar-refractivity contribution >= 4 is 34.4 Å². The highest BCUT2D eigenvalue weighted by molar-refractivity contribution is 7.99. The largest absolute Gasteiger partial charge is 0.313 e. The molecular weight excluding hydrogens is 422 g/mol. The molecule has 8 heteroatoms. The zero-order valence-electron chi connectivity index (χ0n) is 17.9. The number of fused-ring (bicyclic) bond motifs is 2. The first-order valence-electron chi connectivity index (χ1n) is 10.6. The summed E-state index contributed by atoms with van der Waals surface area (Å²) in [6.45, 7) is 4.55. The van der Waals surface area contributed by atoms with Crippen molar-refractivity contribution in [1.82, 2.24) is 19.3 Å². The molecule has 0 fully saturated rings. The molecule has 2 aromatic heterocycles. The van der Waals surface area contributed by atoms with E-state index in [1.165, 1.54) is 11.8 Å². The van der Waals surface area contributed by atoms with Crippen molar-refractivity contribution in [2.45, 2.75) is 31.5 Å². The summed E-state index contributed by atoms with van der Waals surface area (Å²) in [5.74, 6) is 0.647. The summed E-state index contributed by atoms with van der Waals surface area (Å²) < 4.78 is 3.36. The maximum atomic E-state index is 13.3. The monoisotopic (exact) mass is 445 g/mol. The van der Waals surface area contributed by atoms with Gasteiger partial charge in [0, 0.05) is 24.4 Å². The second-order valence-corrected chi connectivity index (χ2v) is 8.83. The molecule has 2 aromatic carbocycles. The van der Waals surface area contributed by atoms with Crippen LogP contribution in [-0.2, 0) is 4.79 Å². The first-order valence-corrected chi connectivity index (χ1v) is 11.6. The van der Waals surface area contributed by atoms with E-state index in [-0.39, 0.29) is 23.9 Å². The van der Waals surface area contributed by atoms with Gasteiger partial charge in [0.2, 0.25) is 5.91 Å². The number of carbonyl (C=O) groups excluding carboxylic acids is 1.